The molecule has 0 saturated heterocycles. The molecule has 16 heavy (non-hydrogen) atoms. The van der Waals surface area contributed by atoms with Crippen LogP contribution in [0.25, 0.3) is 0 Å². The highest BCUT2D eigenvalue weighted by Gasteiger charge is 2.41. The smallest absolute Gasteiger partial charge is 0.385 e. The molecule has 0 unspecified atom stereocenters. The Labute approximate surface area is 99.5 Å². The molecular formula is C10H24O5Si. The maximum atomic E-state index is 5.52. The van der Waals surface area contributed by atoms with Crippen molar-refractivity contribution >= 4 is 9.05 Å². The fraction of sp³-hybridized carbons (Fsp3) is 1.00. The first-order valence-corrected chi connectivity index (χ1v) is 7.16. The van der Waals surface area contributed by atoms with E-state index in [0.717, 1.165) is 32.3 Å². The maximum absolute atomic E-state index is 5.52. The van der Waals surface area contributed by atoms with Crippen molar-refractivity contribution in [3.05, 3.63) is 0 Å². The van der Waals surface area contributed by atoms with Crippen molar-refractivity contribution in [3.8, 4) is 0 Å². The van der Waals surface area contributed by atoms with Crippen LogP contribution in [0, 0.1) is 0 Å². The van der Waals surface area contributed by atoms with E-state index in [1.165, 1.54) is 21.3 Å². The molecule has 98 valence electrons. The van der Waals surface area contributed by atoms with Crippen LogP contribution in [0.5, 0.6) is 0 Å². The summed E-state index contributed by atoms with van der Waals surface area (Å²) in [4.78, 5) is 0. The summed E-state index contributed by atoms with van der Waals surface area (Å²) < 4.78 is 25.9. The molecule has 0 spiro atoms. The molecule has 0 saturated carbocycles. The van der Waals surface area contributed by atoms with Crippen molar-refractivity contribution in [2.75, 3.05) is 41.7 Å². The van der Waals surface area contributed by atoms with Gasteiger partial charge in [-0.3, -0.25) is 0 Å². The Kier molecular flexibility index (Phi) is 10.2. The highest BCUT2D eigenvalue weighted by Crippen LogP contribution is 2.09. The van der Waals surface area contributed by atoms with Crippen molar-refractivity contribution in [3.63, 3.8) is 0 Å². The van der Waals surface area contributed by atoms with E-state index < -0.39 is 9.05 Å². The number of rotatable bonds is 11. The molecule has 0 aliphatic heterocycles. The van der Waals surface area contributed by atoms with Gasteiger partial charge in [-0.1, -0.05) is 12.8 Å². The second-order valence-corrected chi connectivity index (χ2v) is 5.88. The third kappa shape index (κ3) is 6.57. The van der Waals surface area contributed by atoms with Gasteiger partial charge in [0.1, 0.15) is 0 Å². The van der Waals surface area contributed by atoms with Gasteiger partial charge < -0.3 is 22.4 Å². The van der Waals surface area contributed by atoms with Gasteiger partial charge in [0.25, 0.3) is 0 Å². The minimum absolute atomic E-state index is 0.606. The molecule has 0 bridgehead atoms. The van der Waals surface area contributed by atoms with Crippen LogP contribution in [0.3, 0.4) is 0 Å². The van der Waals surface area contributed by atoms with Gasteiger partial charge in [0.15, 0.2) is 0 Å². The Morgan fingerprint density at radius 3 is 1.62 bits per heavy atom. The normalized spacial score (nSPS) is 12.0. The Morgan fingerprint density at radius 1 is 0.688 bits per heavy atom. The number of ether oxygens (including phenoxy) is 1. The van der Waals surface area contributed by atoms with E-state index in [-0.39, 0.29) is 0 Å². The van der Waals surface area contributed by atoms with Gasteiger partial charge in [-0.25, -0.2) is 0 Å². The van der Waals surface area contributed by atoms with E-state index >= 15 is 0 Å². The average Bonchev–Trinajstić information content (AvgIpc) is 2.34. The van der Waals surface area contributed by atoms with Crippen LogP contribution in [0.1, 0.15) is 25.7 Å². The van der Waals surface area contributed by atoms with Gasteiger partial charge in [0.2, 0.25) is 0 Å². The van der Waals surface area contributed by atoms with Gasteiger partial charge in [-0.15, -0.1) is 0 Å². The van der Waals surface area contributed by atoms with Crippen molar-refractivity contribution in [2.24, 2.45) is 0 Å². The summed E-state index contributed by atoms with van der Waals surface area (Å²) in [5, 5.41) is 0. The molecule has 0 rings (SSSR count). The van der Waals surface area contributed by atoms with E-state index in [2.05, 4.69) is 0 Å². The lowest BCUT2D eigenvalue weighted by molar-refractivity contribution is 0.00498. The van der Waals surface area contributed by atoms with Crippen LogP contribution in [0.4, 0.5) is 0 Å². The second-order valence-electron chi connectivity index (χ2n) is 3.37. The van der Waals surface area contributed by atoms with Crippen LogP contribution in [0.15, 0.2) is 0 Å². The molecule has 0 aliphatic carbocycles. The third-order valence-electron chi connectivity index (χ3n) is 2.27. The van der Waals surface area contributed by atoms with E-state index in [4.69, 9.17) is 22.4 Å². The molecule has 0 aromatic carbocycles. The standard InChI is InChI=1S/C10H24O5Si/c1-11-9-7-5-6-8-10-15-16(12-2,13-3)14-4/h5-10H2,1-4H3. The SMILES string of the molecule is COCCCCCCO[Si](OC)(OC)OC. The number of methoxy groups -OCH3 is 1. The van der Waals surface area contributed by atoms with Crippen LogP contribution < -0.4 is 0 Å². The molecule has 6 heteroatoms. The molecule has 0 amide bonds. The lowest BCUT2D eigenvalue weighted by atomic mass is 10.2. The number of hydrogen-bond acceptors (Lipinski definition) is 5. The first kappa shape index (κ1) is 16.0. The van der Waals surface area contributed by atoms with E-state index in [9.17, 15) is 0 Å². The quantitative estimate of drug-likeness (QED) is 0.413. The largest absolute Gasteiger partial charge is 0.678 e. The maximum Gasteiger partial charge on any atom is 0.678 e. The Hall–Kier alpha value is 0.0169. The molecule has 0 atom stereocenters. The third-order valence-corrected chi connectivity index (χ3v) is 4.33. The minimum atomic E-state index is -2.82. The highest BCUT2D eigenvalue weighted by molar-refractivity contribution is 6.53. The van der Waals surface area contributed by atoms with Crippen molar-refractivity contribution in [1.82, 2.24) is 0 Å². The molecule has 0 radical (unpaired) electrons. The molecule has 0 N–H and O–H groups in total. The molecule has 0 fully saturated rings. The highest BCUT2D eigenvalue weighted by atomic mass is 28.4. The monoisotopic (exact) mass is 252 g/mol. The lowest BCUT2D eigenvalue weighted by Gasteiger charge is -2.22. The predicted molar refractivity (Wildman–Crippen MR) is 63.1 cm³/mol. The first-order chi connectivity index (χ1) is 7.74. The fourth-order valence-corrected chi connectivity index (χ4v) is 2.57. The predicted octanol–water partition coefficient (Wildman–Crippen LogP) is 1.58. The van der Waals surface area contributed by atoms with Gasteiger partial charge in [-0.05, 0) is 12.8 Å². The lowest BCUT2D eigenvalue weighted by Crippen LogP contribution is -2.46. The molecule has 0 aliphatic rings. The Balaban J connectivity index is 3.48. The van der Waals surface area contributed by atoms with Crippen molar-refractivity contribution in [1.29, 1.82) is 0 Å². The summed E-state index contributed by atoms with van der Waals surface area (Å²) >= 11 is 0. The zero-order valence-corrected chi connectivity index (χ0v) is 11.8. The molecule has 5 nitrogen and oxygen atoms in total. The zero-order valence-electron chi connectivity index (χ0n) is 10.8. The van der Waals surface area contributed by atoms with Crippen LogP contribution in [-0.2, 0) is 22.4 Å². The topological polar surface area (TPSA) is 46.2 Å². The van der Waals surface area contributed by atoms with Gasteiger partial charge >= 0.3 is 9.05 Å². The van der Waals surface area contributed by atoms with Gasteiger partial charge in [-0.2, -0.15) is 0 Å². The summed E-state index contributed by atoms with van der Waals surface area (Å²) in [5.74, 6) is 0. The van der Waals surface area contributed by atoms with Gasteiger partial charge in [0, 0.05) is 41.7 Å². The summed E-state index contributed by atoms with van der Waals surface area (Å²) in [6.45, 7) is 1.43. The van der Waals surface area contributed by atoms with E-state index in [1.807, 2.05) is 0 Å². The number of hydrogen-bond donors (Lipinski definition) is 0. The van der Waals surface area contributed by atoms with Crippen LogP contribution >= 0.6 is 0 Å². The van der Waals surface area contributed by atoms with Crippen molar-refractivity contribution in [2.45, 2.75) is 25.7 Å². The molecule has 0 aromatic rings. The second kappa shape index (κ2) is 10.2. The van der Waals surface area contributed by atoms with Crippen molar-refractivity contribution < 1.29 is 22.4 Å². The van der Waals surface area contributed by atoms with E-state index in [1.54, 1.807) is 7.11 Å². The number of unbranched alkanes of at least 4 members (excludes halogenated alkanes) is 3. The van der Waals surface area contributed by atoms with Crippen LogP contribution in [0.2, 0.25) is 0 Å². The summed E-state index contributed by atoms with van der Waals surface area (Å²) in [7, 11) is 3.52. The Bertz CT molecular complexity index is 144. The Morgan fingerprint density at radius 2 is 1.19 bits per heavy atom. The molecular weight excluding hydrogens is 228 g/mol. The minimum Gasteiger partial charge on any atom is -0.385 e. The first-order valence-electron chi connectivity index (χ1n) is 5.53. The molecule has 0 heterocycles. The molecule has 0 aromatic heterocycles. The fourth-order valence-electron chi connectivity index (χ4n) is 1.33. The summed E-state index contributed by atoms with van der Waals surface area (Å²) in [6, 6.07) is 0. The van der Waals surface area contributed by atoms with E-state index in [0.29, 0.717) is 6.61 Å². The zero-order chi connectivity index (χ0) is 12.3. The van der Waals surface area contributed by atoms with Crippen LogP contribution in [-0.4, -0.2) is 50.7 Å². The summed E-state index contributed by atoms with van der Waals surface area (Å²) in [5.41, 5.74) is 0. The average molecular weight is 252 g/mol. The van der Waals surface area contributed by atoms with Gasteiger partial charge in [0.05, 0.1) is 0 Å². The summed E-state index contributed by atoms with van der Waals surface area (Å²) in [6.07, 6.45) is 4.34.